The summed E-state index contributed by atoms with van der Waals surface area (Å²) < 4.78 is 19.5. The molecule has 0 unspecified atom stereocenters. The highest BCUT2D eigenvalue weighted by molar-refractivity contribution is 14.1. The first-order valence-electron chi connectivity index (χ1n) is 6.34. The zero-order valence-corrected chi connectivity index (χ0v) is 15.9. The van der Waals surface area contributed by atoms with Gasteiger partial charge in [-0.1, -0.05) is 0 Å². The van der Waals surface area contributed by atoms with Gasteiger partial charge in [0.2, 0.25) is 0 Å². The van der Waals surface area contributed by atoms with E-state index in [1.807, 2.05) is 28.7 Å². The van der Waals surface area contributed by atoms with E-state index in [2.05, 4.69) is 33.1 Å². The molecule has 120 valence electrons. The molecule has 0 heterocycles. The minimum Gasteiger partial charge on any atom is -0.506 e. The van der Waals surface area contributed by atoms with Crippen LogP contribution in [0.15, 0.2) is 41.5 Å². The van der Waals surface area contributed by atoms with Crippen LogP contribution in [0.4, 0.5) is 4.39 Å². The summed E-state index contributed by atoms with van der Waals surface area (Å²) in [5, 5.41) is 13.7. The molecule has 0 spiro atoms. The van der Waals surface area contributed by atoms with Crippen molar-refractivity contribution in [2.75, 3.05) is 6.61 Å². The Hall–Kier alpha value is -1.43. The van der Waals surface area contributed by atoms with E-state index in [4.69, 9.17) is 4.74 Å². The van der Waals surface area contributed by atoms with Crippen LogP contribution < -0.4 is 10.2 Å². The third-order valence-electron chi connectivity index (χ3n) is 2.63. The molecule has 0 saturated heterocycles. The number of nitrogens with one attached hydrogen (secondary N) is 1. The van der Waals surface area contributed by atoms with Gasteiger partial charge in [-0.3, -0.25) is 4.79 Å². The van der Waals surface area contributed by atoms with Crippen LogP contribution >= 0.6 is 45.2 Å². The lowest BCUT2D eigenvalue weighted by molar-refractivity contribution is -0.123. The summed E-state index contributed by atoms with van der Waals surface area (Å²) in [6.07, 6.45) is 1.36. The van der Waals surface area contributed by atoms with Gasteiger partial charge in [-0.25, -0.2) is 9.82 Å². The van der Waals surface area contributed by atoms with Gasteiger partial charge < -0.3 is 9.84 Å². The van der Waals surface area contributed by atoms with Gasteiger partial charge in [-0.2, -0.15) is 5.10 Å². The number of phenolic OH excluding ortho intramolecular Hbond substituents is 1. The number of hydrogen-bond acceptors (Lipinski definition) is 4. The second kappa shape index (κ2) is 8.43. The van der Waals surface area contributed by atoms with E-state index in [0.29, 0.717) is 14.9 Å². The smallest absolute Gasteiger partial charge is 0.277 e. The van der Waals surface area contributed by atoms with Gasteiger partial charge in [0.05, 0.1) is 9.78 Å². The molecular formula is C15H11FI2N2O3. The number of amides is 1. The topological polar surface area (TPSA) is 70.9 Å². The first-order chi connectivity index (χ1) is 11.0. The van der Waals surface area contributed by atoms with Crippen molar-refractivity contribution in [2.24, 2.45) is 5.10 Å². The second-order valence-corrected chi connectivity index (χ2v) is 6.77. The molecule has 2 aromatic rings. The quantitative estimate of drug-likeness (QED) is 0.348. The summed E-state index contributed by atoms with van der Waals surface area (Å²) in [5.41, 5.74) is 2.80. The lowest BCUT2D eigenvalue weighted by atomic mass is 10.2. The summed E-state index contributed by atoms with van der Waals surface area (Å²) in [6.45, 7) is -0.251. The van der Waals surface area contributed by atoms with Crippen molar-refractivity contribution in [3.8, 4) is 11.5 Å². The van der Waals surface area contributed by atoms with Crippen molar-refractivity contribution < 1.29 is 19.0 Å². The number of rotatable bonds is 5. The van der Waals surface area contributed by atoms with Crippen molar-refractivity contribution in [1.29, 1.82) is 0 Å². The lowest BCUT2D eigenvalue weighted by Gasteiger charge is -2.05. The maximum atomic E-state index is 12.7. The molecule has 0 aliphatic rings. The van der Waals surface area contributed by atoms with E-state index in [1.165, 1.54) is 30.5 Å². The van der Waals surface area contributed by atoms with E-state index in [-0.39, 0.29) is 18.2 Å². The molecule has 0 aliphatic heterocycles. The molecule has 8 heteroatoms. The molecule has 0 fully saturated rings. The Morgan fingerprint density at radius 2 is 2.00 bits per heavy atom. The zero-order valence-electron chi connectivity index (χ0n) is 11.6. The van der Waals surface area contributed by atoms with Gasteiger partial charge >= 0.3 is 0 Å². The average molecular weight is 540 g/mol. The number of aromatic hydroxyl groups is 1. The van der Waals surface area contributed by atoms with Gasteiger partial charge in [-0.05, 0) is 81.6 Å². The number of hydrazone groups is 1. The Morgan fingerprint density at radius 3 is 2.70 bits per heavy atom. The predicted molar refractivity (Wildman–Crippen MR) is 101 cm³/mol. The molecule has 0 radical (unpaired) electrons. The Bertz CT molecular complexity index is 736. The van der Waals surface area contributed by atoms with Crippen LogP contribution in [0.5, 0.6) is 11.5 Å². The average Bonchev–Trinajstić information content (AvgIpc) is 2.51. The number of carbonyl (C=O) groups is 1. The Labute approximate surface area is 159 Å². The van der Waals surface area contributed by atoms with Crippen molar-refractivity contribution in [3.05, 3.63) is 54.9 Å². The molecular weight excluding hydrogens is 529 g/mol. The zero-order chi connectivity index (χ0) is 16.8. The van der Waals surface area contributed by atoms with Crippen molar-refractivity contribution in [3.63, 3.8) is 0 Å². The highest BCUT2D eigenvalue weighted by atomic mass is 127. The number of benzene rings is 2. The highest BCUT2D eigenvalue weighted by Crippen LogP contribution is 2.25. The van der Waals surface area contributed by atoms with Crippen molar-refractivity contribution >= 4 is 57.3 Å². The van der Waals surface area contributed by atoms with Crippen LogP contribution in [-0.4, -0.2) is 23.8 Å². The molecule has 0 aromatic heterocycles. The van der Waals surface area contributed by atoms with Gasteiger partial charge in [0.25, 0.3) is 5.91 Å². The van der Waals surface area contributed by atoms with Crippen molar-refractivity contribution in [1.82, 2.24) is 5.43 Å². The maximum absolute atomic E-state index is 12.7. The fraction of sp³-hybridized carbons (Fsp3) is 0.0667. The van der Waals surface area contributed by atoms with Crippen LogP contribution in [0.2, 0.25) is 0 Å². The normalized spacial score (nSPS) is 10.7. The van der Waals surface area contributed by atoms with Gasteiger partial charge in [-0.15, -0.1) is 0 Å². The molecule has 2 N–H and O–H groups in total. The number of phenols is 1. The summed E-state index contributed by atoms with van der Waals surface area (Å²) in [7, 11) is 0. The maximum Gasteiger partial charge on any atom is 0.277 e. The number of ether oxygens (including phenoxy) is 1. The molecule has 2 aromatic carbocycles. The molecule has 2 rings (SSSR count). The molecule has 23 heavy (non-hydrogen) atoms. The monoisotopic (exact) mass is 540 g/mol. The highest BCUT2D eigenvalue weighted by Gasteiger charge is 2.06. The molecule has 0 atom stereocenters. The number of carbonyl (C=O) groups excluding carboxylic acids is 1. The molecule has 1 amide bonds. The van der Waals surface area contributed by atoms with Gasteiger partial charge in [0.15, 0.2) is 6.61 Å². The van der Waals surface area contributed by atoms with E-state index < -0.39 is 5.91 Å². The fourth-order valence-electron chi connectivity index (χ4n) is 1.57. The largest absolute Gasteiger partial charge is 0.506 e. The molecule has 0 bridgehead atoms. The summed E-state index contributed by atoms with van der Waals surface area (Å²) in [4.78, 5) is 11.6. The van der Waals surface area contributed by atoms with Crippen LogP contribution in [0, 0.1) is 13.0 Å². The van der Waals surface area contributed by atoms with Crippen LogP contribution in [0.3, 0.4) is 0 Å². The molecule has 5 nitrogen and oxygen atoms in total. The third kappa shape index (κ3) is 5.61. The SMILES string of the molecule is O=C(COc1ccc(F)cc1)N/N=C/c1cc(I)cc(I)c1O. The molecule has 0 aliphatic carbocycles. The standard InChI is InChI=1S/C15H11FI2N2O3/c16-10-1-3-12(4-2-10)23-8-14(21)20-19-7-9-5-11(17)6-13(18)15(9)22/h1-7,22H,8H2,(H,20,21)/b19-7+. The molecule has 0 saturated carbocycles. The van der Waals surface area contributed by atoms with Gasteiger partial charge in [0.1, 0.15) is 17.3 Å². The summed E-state index contributed by atoms with van der Waals surface area (Å²) in [5.74, 6) is -0.356. The number of halogens is 3. The first kappa shape index (κ1) is 17.9. The number of nitrogens with zero attached hydrogens (tertiary/aromatic N) is 1. The Balaban J connectivity index is 1.88. The number of hydrogen-bond donors (Lipinski definition) is 2. The van der Waals surface area contributed by atoms with E-state index in [9.17, 15) is 14.3 Å². The first-order valence-corrected chi connectivity index (χ1v) is 8.50. The Kier molecular flexibility index (Phi) is 6.57. The van der Waals surface area contributed by atoms with Crippen molar-refractivity contribution in [2.45, 2.75) is 0 Å². The van der Waals surface area contributed by atoms with Crippen LogP contribution in [0.1, 0.15) is 5.56 Å². The Morgan fingerprint density at radius 1 is 1.30 bits per heavy atom. The minimum atomic E-state index is -0.467. The second-order valence-electron chi connectivity index (χ2n) is 4.36. The minimum absolute atomic E-state index is 0.103. The summed E-state index contributed by atoms with van der Waals surface area (Å²) >= 11 is 4.14. The third-order valence-corrected chi connectivity index (χ3v) is 4.08. The fourth-order valence-corrected chi connectivity index (χ4v) is 3.46. The van der Waals surface area contributed by atoms with Crippen LogP contribution in [0.25, 0.3) is 0 Å². The summed E-state index contributed by atoms with van der Waals surface area (Å²) in [6, 6.07) is 8.90. The lowest BCUT2D eigenvalue weighted by Crippen LogP contribution is -2.24. The predicted octanol–water partition coefficient (Wildman–Crippen LogP) is 3.27. The van der Waals surface area contributed by atoms with E-state index >= 15 is 0 Å². The van der Waals surface area contributed by atoms with Gasteiger partial charge in [0, 0.05) is 9.13 Å². The van der Waals surface area contributed by atoms with Crippen LogP contribution in [-0.2, 0) is 4.79 Å². The van der Waals surface area contributed by atoms with E-state index in [1.54, 1.807) is 6.07 Å². The van der Waals surface area contributed by atoms with E-state index in [0.717, 1.165) is 3.57 Å².